The lowest BCUT2D eigenvalue weighted by Gasteiger charge is -2.23. The number of imide groups is 1. The van der Waals surface area contributed by atoms with E-state index in [1.54, 1.807) is 25.1 Å². The SMILES string of the molecule is CC1(c2ccc3c(c2)OCCCO3)NC(=O)N(Cc2coc(-c3cccs3)n2)C1=O. The van der Waals surface area contributed by atoms with Crippen LogP contribution in [0.5, 0.6) is 11.5 Å². The Labute approximate surface area is 176 Å². The Bertz CT molecular complexity index is 1110. The molecule has 3 amide bonds. The van der Waals surface area contributed by atoms with Gasteiger partial charge in [-0.2, -0.15) is 0 Å². The number of benzene rings is 1. The molecule has 0 aliphatic carbocycles. The summed E-state index contributed by atoms with van der Waals surface area (Å²) in [7, 11) is 0. The first kappa shape index (κ1) is 18.7. The average Bonchev–Trinajstić information content (AvgIpc) is 3.43. The maximum Gasteiger partial charge on any atom is 0.325 e. The fraction of sp³-hybridized carbons (Fsp3) is 0.286. The van der Waals surface area contributed by atoms with Crippen molar-refractivity contribution in [2.45, 2.75) is 25.4 Å². The van der Waals surface area contributed by atoms with Crippen LogP contribution < -0.4 is 14.8 Å². The number of carbonyl (C=O) groups is 2. The molecule has 4 heterocycles. The molecule has 154 valence electrons. The van der Waals surface area contributed by atoms with E-state index in [0.717, 1.165) is 16.2 Å². The van der Waals surface area contributed by atoms with Gasteiger partial charge in [-0.1, -0.05) is 12.1 Å². The summed E-state index contributed by atoms with van der Waals surface area (Å²) >= 11 is 1.50. The van der Waals surface area contributed by atoms with Crippen LogP contribution in [0.4, 0.5) is 4.79 Å². The summed E-state index contributed by atoms with van der Waals surface area (Å²) in [6.45, 7) is 2.84. The number of oxazole rings is 1. The number of nitrogens with zero attached hydrogens (tertiary/aromatic N) is 2. The molecule has 2 aromatic heterocycles. The zero-order chi connectivity index (χ0) is 20.7. The molecular formula is C21H19N3O5S. The highest BCUT2D eigenvalue weighted by molar-refractivity contribution is 7.13. The molecule has 8 nitrogen and oxygen atoms in total. The number of amides is 3. The van der Waals surface area contributed by atoms with Crippen LogP contribution in [0.25, 0.3) is 10.8 Å². The first-order chi connectivity index (χ1) is 14.5. The van der Waals surface area contributed by atoms with Crippen LogP contribution in [-0.4, -0.2) is 35.0 Å². The minimum atomic E-state index is -1.21. The second kappa shape index (κ2) is 7.17. The van der Waals surface area contributed by atoms with E-state index in [-0.39, 0.29) is 12.5 Å². The number of ether oxygens (including phenoxy) is 2. The highest BCUT2D eigenvalue weighted by Gasteiger charge is 2.49. The van der Waals surface area contributed by atoms with E-state index < -0.39 is 11.6 Å². The zero-order valence-electron chi connectivity index (χ0n) is 16.2. The summed E-state index contributed by atoms with van der Waals surface area (Å²) in [5.74, 6) is 1.32. The van der Waals surface area contributed by atoms with Crippen molar-refractivity contribution in [1.82, 2.24) is 15.2 Å². The Morgan fingerprint density at radius 2 is 2.03 bits per heavy atom. The predicted octanol–water partition coefficient (Wildman–Crippen LogP) is 3.53. The molecule has 1 aromatic carbocycles. The van der Waals surface area contributed by atoms with Crippen LogP contribution in [0.1, 0.15) is 24.6 Å². The second-order valence-electron chi connectivity index (χ2n) is 7.28. The molecule has 1 N–H and O–H groups in total. The number of nitrogens with one attached hydrogen (secondary N) is 1. The second-order valence-corrected chi connectivity index (χ2v) is 8.23. The van der Waals surface area contributed by atoms with Crippen LogP contribution in [-0.2, 0) is 16.9 Å². The summed E-state index contributed by atoms with van der Waals surface area (Å²) in [6.07, 6.45) is 2.26. The largest absolute Gasteiger partial charge is 0.490 e. The van der Waals surface area contributed by atoms with Gasteiger partial charge >= 0.3 is 6.03 Å². The molecule has 0 spiro atoms. The monoisotopic (exact) mass is 425 g/mol. The number of rotatable bonds is 4. The number of carbonyl (C=O) groups excluding carboxylic acids is 2. The van der Waals surface area contributed by atoms with Gasteiger partial charge in [0.25, 0.3) is 5.91 Å². The van der Waals surface area contributed by atoms with Crippen molar-refractivity contribution >= 4 is 23.3 Å². The lowest BCUT2D eigenvalue weighted by Crippen LogP contribution is -2.40. The average molecular weight is 425 g/mol. The molecule has 0 bridgehead atoms. The number of fused-ring (bicyclic) bond motifs is 1. The van der Waals surface area contributed by atoms with E-state index >= 15 is 0 Å². The highest BCUT2D eigenvalue weighted by Crippen LogP contribution is 2.37. The van der Waals surface area contributed by atoms with Crippen molar-refractivity contribution in [2.24, 2.45) is 0 Å². The molecule has 9 heteroatoms. The van der Waals surface area contributed by atoms with Crippen molar-refractivity contribution in [1.29, 1.82) is 0 Å². The molecule has 1 saturated heterocycles. The topological polar surface area (TPSA) is 93.9 Å². The molecule has 2 aliphatic heterocycles. The van der Waals surface area contributed by atoms with E-state index in [1.807, 2.05) is 17.5 Å². The van der Waals surface area contributed by atoms with Crippen LogP contribution >= 0.6 is 11.3 Å². The first-order valence-corrected chi connectivity index (χ1v) is 10.4. The van der Waals surface area contributed by atoms with Gasteiger partial charge in [0.15, 0.2) is 11.5 Å². The number of aromatic nitrogens is 1. The molecule has 3 aromatic rings. The fourth-order valence-corrected chi connectivity index (χ4v) is 4.22. The van der Waals surface area contributed by atoms with Crippen molar-refractivity contribution in [3.63, 3.8) is 0 Å². The van der Waals surface area contributed by atoms with Gasteiger partial charge in [-0.3, -0.25) is 9.69 Å². The van der Waals surface area contributed by atoms with Crippen molar-refractivity contribution in [3.05, 3.63) is 53.2 Å². The normalized spacial score (nSPS) is 20.9. The molecule has 1 unspecified atom stereocenters. The Morgan fingerprint density at radius 1 is 1.20 bits per heavy atom. The van der Waals surface area contributed by atoms with Gasteiger partial charge in [-0.15, -0.1) is 11.3 Å². The standard InChI is InChI=1S/C21H19N3O5S/c1-21(13-5-6-15-16(10-13)28-8-3-7-27-15)19(25)24(20(26)23-21)11-14-12-29-18(22-14)17-4-2-9-30-17/h2,4-6,9-10,12H,3,7-8,11H2,1H3,(H,23,26). The van der Waals surface area contributed by atoms with Crippen LogP contribution in [0, 0.1) is 0 Å². The molecule has 2 aliphatic rings. The predicted molar refractivity (Wildman–Crippen MR) is 108 cm³/mol. The Hall–Kier alpha value is -3.33. The van der Waals surface area contributed by atoms with Gasteiger partial charge in [0.2, 0.25) is 5.89 Å². The maximum absolute atomic E-state index is 13.2. The summed E-state index contributed by atoms with van der Waals surface area (Å²) in [5, 5.41) is 4.74. The maximum atomic E-state index is 13.2. The summed E-state index contributed by atoms with van der Waals surface area (Å²) < 4.78 is 16.9. The minimum absolute atomic E-state index is 0.0275. The summed E-state index contributed by atoms with van der Waals surface area (Å²) in [4.78, 5) is 32.3. The molecule has 0 radical (unpaired) electrons. The third-order valence-corrected chi connectivity index (χ3v) is 6.06. The van der Waals surface area contributed by atoms with Gasteiger partial charge in [-0.05, 0) is 36.1 Å². The number of thiophene rings is 1. The zero-order valence-corrected chi connectivity index (χ0v) is 17.0. The minimum Gasteiger partial charge on any atom is -0.490 e. The summed E-state index contributed by atoms with van der Waals surface area (Å²) in [6, 6.07) is 8.63. The van der Waals surface area contributed by atoms with Gasteiger partial charge in [-0.25, -0.2) is 9.78 Å². The summed E-state index contributed by atoms with van der Waals surface area (Å²) in [5.41, 5.74) is -0.0703. The van der Waals surface area contributed by atoms with Gasteiger partial charge in [0.1, 0.15) is 11.8 Å². The molecule has 0 saturated carbocycles. The van der Waals surface area contributed by atoms with E-state index in [2.05, 4.69) is 10.3 Å². The quantitative estimate of drug-likeness (QED) is 0.643. The van der Waals surface area contributed by atoms with Gasteiger partial charge < -0.3 is 19.2 Å². The fourth-order valence-electron chi connectivity index (χ4n) is 3.57. The van der Waals surface area contributed by atoms with Crippen molar-refractivity contribution in [2.75, 3.05) is 13.2 Å². The number of hydrogen-bond acceptors (Lipinski definition) is 7. The molecule has 1 fully saturated rings. The Morgan fingerprint density at radius 3 is 2.83 bits per heavy atom. The van der Waals surface area contributed by atoms with Crippen LogP contribution in [0.3, 0.4) is 0 Å². The van der Waals surface area contributed by atoms with E-state index in [1.165, 1.54) is 17.6 Å². The van der Waals surface area contributed by atoms with E-state index in [0.29, 0.717) is 41.9 Å². The van der Waals surface area contributed by atoms with E-state index in [9.17, 15) is 9.59 Å². The number of hydrogen-bond donors (Lipinski definition) is 1. The lowest BCUT2D eigenvalue weighted by molar-refractivity contribution is -0.131. The molecule has 1 atom stereocenters. The number of urea groups is 1. The van der Waals surface area contributed by atoms with Crippen molar-refractivity contribution < 1.29 is 23.5 Å². The first-order valence-electron chi connectivity index (χ1n) is 9.57. The third kappa shape index (κ3) is 3.11. The lowest BCUT2D eigenvalue weighted by atomic mass is 9.91. The Kier molecular flexibility index (Phi) is 4.47. The molecular weight excluding hydrogens is 406 g/mol. The van der Waals surface area contributed by atoms with Crippen LogP contribution in [0.15, 0.2) is 46.4 Å². The van der Waals surface area contributed by atoms with Gasteiger partial charge in [0.05, 0.1) is 30.3 Å². The smallest absolute Gasteiger partial charge is 0.325 e. The Balaban J connectivity index is 1.39. The van der Waals surface area contributed by atoms with Crippen LogP contribution in [0.2, 0.25) is 0 Å². The molecule has 5 rings (SSSR count). The van der Waals surface area contributed by atoms with Gasteiger partial charge in [0, 0.05) is 6.42 Å². The third-order valence-electron chi connectivity index (χ3n) is 5.20. The van der Waals surface area contributed by atoms with E-state index in [4.69, 9.17) is 13.9 Å². The van der Waals surface area contributed by atoms with Crippen molar-refractivity contribution in [3.8, 4) is 22.3 Å². The highest BCUT2D eigenvalue weighted by atomic mass is 32.1. The molecule has 30 heavy (non-hydrogen) atoms.